The van der Waals surface area contributed by atoms with Gasteiger partial charge in [-0.2, -0.15) is 0 Å². The predicted molar refractivity (Wildman–Crippen MR) is 43.5 cm³/mol. The number of H-pyrrole nitrogens is 1. The molecule has 0 spiro atoms. The van der Waals surface area contributed by atoms with Crippen molar-refractivity contribution in [3.05, 3.63) is 22.2 Å². The van der Waals surface area contributed by atoms with Crippen LogP contribution in [-0.2, 0) is 6.42 Å². The first-order valence-electron chi connectivity index (χ1n) is 3.29. The van der Waals surface area contributed by atoms with E-state index in [1.165, 1.54) is 11.3 Å². The second-order valence-electron chi connectivity index (χ2n) is 2.20. The summed E-state index contributed by atoms with van der Waals surface area (Å²) in [6.07, 6.45) is 2.79. The van der Waals surface area contributed by atoms with Crippen LogP contribution in [0.4, 0.5) is 0 Å². The Kier molecular flexibility index (Phi) is 2.17. The summed E-state index contributed by atoms with van der Waals surface area (Å²) >= 11 is 4.86. The van der Waals surface area contributed by atoms with E-state index in [0.717, 1.165) is 6.42 Å². The Morgan fingerprint density at radius 2 is 2.40 bits per heavy atom. The molecule has 0 aliphatic rings. The molecule has 1 rings (SSSR count). The normalized spacial score (nSPS) is 9.80. The molecule has 54 valence electrons. The molecule has 1 N–H and O–H groups in total. The van der Waals surface area contributed by atoms with Crippen molar-refractivity contribution in [3.63, 3.8) is 0 Å². The van der Waals surface area contributed by atoms with Gasteiger partial charge < -0.3 is 4.98 Å². The number of aryl methyl sites for hydroxylation is 2. The molecular formula is C7H10N2S. The minimum Gasteiger partial charge on any atom is -0.334 e. The number of rotatable bonds is 1. The summed E-state index contributed by atoms with van der Waals surface area (Å²) in [5.74, 6) is 0. The zero-order valence-electron chi connectivity index (χ0n) is 6.14. The van der Waals surface area contributed by atoms with Crippen LogP contribution in [-0.4, -0.2) is 9.97 Å². The summed E-state index contributed by atoms with van der Waals surface area (Å²) in [7, 11) is 0. The Morgan fingerprint density at radius 3 is 2.90 bits per heavy atom. The van der Waals surface area contributed by atoms with E-state index in [-0.39, 0.29) is 0 Å². The summed E-state index contributed by atoms with van der Waals surface area (Å²) in [6.45, 7) is 4.12. The molecule has 10 heavy (non-hydrogen) atoms. The first kappa shape index (κ1) is 7.41. The van der Waals surface area contributed by atoms with Crippen molar-refractivity contribution >= 4 is 12.2 Å². The van der Waals surface area contributed by atoms with E-state index in [1.807, 2.05) is 6.92 Å². The summed E-state index contributed by atoms with van der Waals surface area (Å²) in [6, 6.07) is 0. The number of hydrogen-bond donors (Lipinski definition) is 1. The van der Waals surface area contributed by atoms with E-state index >= 15 is 0 Å². The fourth-order valence-corrected chi connectivity index (χ4v) is 1.04. The molecule has 0 aromatic carbocycles. The molecule has 3 heteroatoms. The third kappa shape index (κ3) is 1.42. The Balaban J connectivity index is 3.22. The molecule has 1 aromatic heterocycles. The molecule has 2 nitrogen and oxygen atoms in total. The van der Waals surface area contributed by atoms with Gasteiger partial charge in [0.25, 0.3) is 0 Å². The third-order valence-corrected chi connectivity index (χ3v) is 1.67. The van der Waals surface area contributed by atoms with Gasteiger partial charge in [-0.3, -0.25) is 0 Å². The van der Waals surface area contributed by atoms with Gasteiger partial charge in [-0.25, -0.2) is 4.98 Å². The van der Waals surface area contributed by atoms with Gasteiger partial charge in [-0.15, -0.1) is 0 Å². The molecule has 0 radical (unpaired) electrons. The van der Waals surface area contributed by atoms with E-state index in [1.54, 1.807) is 6.20 Å². The third-order valence-electron chi connectivity index (χ3n) is 1.46. The van der Waals surface area contributed by atoms with Crippen LogP contribution in [0.2, 0.25) is 0 Å². The van der Waals surface area contributed by atoms with Crippen LogP contribution in [0.25, 0.3) is 0 Å². The summed E-state index contributed by atoms with van der Waals surface area (Å²) in [5, 5.41) is 0. The SMILES string of the molecule is CCc1[nH]c(=S)ncc1C. The lowest BCUT2D eigenvalue weighted by Gasteiger charge is -1.99. The van der Waals surface area contributed by atoms with Crippen molar-refractivity contribution in [2.24, 2.45) is 0 Å². The van der Waals surface area contributed by atoms with Crippen molar-refractivity contribution in [3.8, 4) is 0 Å². The van der Waals surface area contributed by atoms with E-state index in [9.17, 15) is 0 Å². The first-order chi connectivity index (χ1) is 4.74. The Morgan fingerprint density at radius 1 is 1.70 bits per heavy atom. The fourth-order valence-electron chi connectivity index (χ4n) is 0.861. The number of nitrogens with zero attached hydrogens (tertiary/aromatic N) is 1. The standard InChI is InChI=1S/C7H10N2S/c1-3-6-5(2)4-8-7(10)9-6/h4H,3H2,1-2H3,(H,8,9,10). The second-order valence-corrected chi connectivity index (χ2v) is 2.59. The van der Waals surface area contributed by atoms with Gasteiger partial charge in [0.05, 0.1) is 0 Å². The van der Waals surface area contributed by atoms with Crippen molar-refractivity contribution in [1.82, 2.24) is 9.97 Å². The highest BCUT2D eigenvalue weighted by molar-refractivity contribution is 7.71. The molecule has 0 aliphatic carbocycles. The average molecular weight is 154 g/mol. The molecule has 0 saturated carbocycles. The van der Waals surface area contributed by atoms with E-state index < -0.39 is 0 Å². The van der Waals surface area contributed by atoms with Crippen LogP contribution in [0.15, 0.2) is 6.20 Å². The second kappa shape index (κ2) is 2.92. The Hall–Kier alpha value is -0.700. The van der Waals surface area contributed by atoms with Gasteiger partial charge in [-0.05, 0) is 31.1 Å². The monoisotopic (exact) mass is 154 g/mol. The highest BCUT2D eigenvalue weighted by Gasteiger charge is 1.93. The molecule has 0 fully saturated rings. The Labute approximate surface area is 65.3 Å². The van der Waals surface area contributed by atoms with Crippen molar-refractivity contribution < 1.29 is 0 Å². The maximum Gasteiger partial charge on any atom is 0.196 e. The molecule has 0 unspecified atom stereocenters. The number of hydrogen-bond acceptors (Lipinski definition) is 2. The maximum atomic E-state index is 4.86. The van der Waals surface area contributed by atoms with Gasteiger partial charge in [-0.1, -0.05) is 6.92 Å². The van der Waals surface area contributed by atoms with Crippen molar-refractivity contribution in [1.29, 1.82) is 0 Å². The molecule has 1 aromatic rings. The highest BCUT2D eigenvalue weighted by Crippen LogP contribution is 2.01. The van der Waals surface area contributed by atoms with E-state index in [4.69, 9.17) is 12.2 Å². The van der Waals surface area contributed by atoms with Crippen LogP contribution in [0.5, 0.6) is 0 Å². The number of aromatic amines is 1. The summed E-state index contributed by atoms with van der Waals surface area (Å²) < 4.78 is 0.572. The maximum absolute atomic E-state index is 4.86. The molecule has 0 saturated heterocycles. The van der Waals surface area contributed by atoms with Gasteiger partial charge >= 0.3 is 0 Å². The van der Waals surface area contributed by atoms with Gasteiger partial charge in [0.2, 0.25) is 0 Å². The minimum absolute atomic E-state index is 0.572. The molecule has 0 bridgehead atoms. The highest BCUT2D eigenvalue weighted by atomic mass is 32.1. The van der Waals surface area contributed by atoms with Gasteiger partial charge in [0.15, 0.2) is 4.77 Å². The van der Waals surface area contributed by atoms with Gasteiger partial charge in [0, 0.05) is 11.9 Å². The average Bonchev–Trinajstić information content (AvgIpc) is 1.94. The molecule has 0 amide bonds. The van der Waals surface area contributed by atoms with Crippen LogP contribution >= 0.6 is 12.2 Å². The lowest BCUT2D eigenvalue weighted by Crippen LogP contribution is -1.93. The van der Waals surface area contributed by atoms with Crippen LogP contribution in [0.3, 0.4) is 0 Å². The number of aromatic nitrogens is 2. The Bertz CT molecular complexity index is 277. The molecule has 1 heterocycles. The van der Waals surface area contributed by atoms with Crippen molar-refractivity contribution in [2.45, 2.75) is 20.3 Å². The first-order valence-corrected chi connectivity index (χ1v) is 3.69. The molecule has 0 atom stereocenters. The van der Waals surface area contributed by atoms with Gasteiger partial charge in [0.1, 0.15) is 0 Å². The number of nitrogens with one attached hydrogen (secondary N) is 1. The lowest BCUT2D eigenvalue weighted by atomic mass is 10.2. The van der Waals surface area contributed by atoms with E-state index in [0.29, 0.717) is 4.77 Å². The van der Waals surface area contributed by atoms with Crippen LogP contribution in [0, 0.1) is 11.7 Å². The zero-order valence-corrected chi connectivity index (χ0v) is 6.96. The van der Waals surface area contributed by atoms with Crippen LogP contribution < -0.4 is 0 Å². The summed E-state index contributed by atoms with van der Waals surface area (Å²) in [4.78, 5) is 6.98. The van der Waals surface area contributed by atoms with Crippen molar-refractivity contribution in [2.75, 3.05) is 0 Å². The topological polar surface area (TPSA) is 28.7 Å². The lowest BCUT2D eigenvalue weighted by molar-refractivity contribution is 0.956. The van der Waals surface area contributed by atoms with E-state index in [2.05, 4.69) is 16.9 Å². The minimum atomic E-state index is 0.572. The zero-order chi connectivity index (χ0) is 7.56. The molecule has 0 aliphatic heterocycles. The summed E-state index contributed by atoms with van der Waals surface area (Å²) in [5.41, 5.74) is 2.36. The largest absolute Gasteiger partial charge is 0.334 e. The fraction of sp³-hybridized carbons (Fsp3) is 0.429. The smallest absolute Gasteiger partial charge is 0.196 e. The van der Waals surface area contributed by atoms with Crippen LogP contribution in [0.1, 0.15) is 18.2 Å². The molecular weight excluding hydrogens is 144 g/mol. The predicted octanol–water partition coefficient (Wildman–Crippen LogP) is 2.01. The quantitative estimate of drug-likeness (QED) is 0.627.